The minimum absolute atomic E-state index is 0.392. The zero-order chi connectivity index (χ0) is 18.4. The average Bonchev–Trinajstić information content (AvgIpc) is 2.68. The summed E-state index contributed by atoms with van der Waals surface area (Å²) in [5.41, 5.74) is 4.34. The van der Waals surface area contributed by atoms with Gasteiger partial charge in [-0.05, 0) is 61.7 Å². The summed E-state index contributed by atoms with van der Waals surface area (Å²) in [7, 11) is 0. The number of rotatable bonds is 5. The number of benzene rings is 2. The molecule has 0 fully saturated rings. The Morgan fingerprint density at radius 1 is 1.00 bits per heavy atom. The van der Waals surface area contributed by atoms with Gasteiger partial charge in [0.1, 0.15) is 5.75 Å². The second-order valence-corrected chi connectivity index (χ2v) is 6.05. The highest BCUT2D eigenvalue weighted by Crippen LogP contribution is 2.14. The molecule has 0 N–H and O–H groups in total. The Balaban J connectivity index is 1.56. The monoisotopic (exact) mass is 342 g/mol. The number of aromatic nitrogens is 1. The molecule has 4 nitrogen and oxygen atoms in total. The predicted octanol–water partition coefficient (Wildman–Crippen LogP) is 4.27. The first-order valence-corrected chi connectivity index (χ1v) is 8.37. The zero-order valence-corrected chi connectivity index (χ0v) is 14.5. The van der Waals surface area contributed by atoms with Crippen molar-refractivity contribution in [3.05, 3.63) is 94.8 Å². The second-order valence-electron chi connectivity index (χ2n) is 6.05. The van der Waals surface area contributed by atoms with Gasteiger partial charge in [-0.2, -0.15) is 5.26 Å². The summed E-state index contributed by atoms with van der Waals surface area (Å²) >= 11 is 0. The van der Waals surface area contributed by atoms with Crippen molar-refractivity contribution < 1.29 is 9.53 Å². The summed E-state index contributed by atoms with van der Waals surface area (Å²) in [4.78, 5) is 16.5. The molecule has 0 bridgehead atoms. The van der Waals surface area contributed by atoms with Gasteiger partial charge in [0.2, 0.25) is 0 Å². The summed E-state index contributed by atoms with van der Waals surface area (Å²) in [6.07, 6.45) is 3.18. The maximum absolute atomic E-state index is 12.1. The molecule has 4 heteroatoms. The maximum atomic E-state index is 12.1. The Morgan fingerprint density at radius 2 is 1.73 bits per heavy atom. The van der Waals surface area contributed by atoms with E-state index in [0.29, 0.717) is 16.9 Å². The van der Waals surface area contributed by atoms with Gasteiger partial charge in [0.25, 0.3) is 0 Å². The summed E-state index contributed by atoms with van der Waals surface area (Å²) in [6.45, 7) is 1.97. The maximum Gasteiger partial charge on any atom is 0.343 e. The van der Waals surface area contributed by atoms with E-state index in [1.54, 1.807) is 24.4 Å². The fourth-order valence-corrected chi connectivity index (χ4v) is 2.49. The van der Waals surface area contributed by atoms with Crippen LogP contribution >= 0.6 is 0 Å². The minimum atomic E-state index is -0.392. The van der Waals surface area contributed by atoms with Gasteiger partial charge in [0, 0.05) is 5.69 Å². The Bertz CT molecular complexity index is 922. The highest BCUT2D eigenvalue weighted by molar-refractivity contribution is 5.91. The lowest BCUT2D eigenvalue weighted by atomic mass is 10.1. The van der Waals surface area contributed by atoms with Crippen LogP contribution in [0, 0.1) is 18.3 Å². The van der Waals surface area contributed by atoms with Gasteiger partial charge in [-0.3, -0.25) is 4.98 Å². The van der Waals surface area contributed by atoms with Crippen molar-refractivity contribution in [1.29, 1.82) is 5.26 Å². The first-order valence-electron chi connectivity index (χ1n) is 8.37. The van der Waals surface area contributed by atoms with Gasteiger partial charge in [0.05, 0.1) is 23.4 Å². The van der Waals surface area contributed by atoms with Crippen LogP contribution in [0.3, 0.4) is 0 Å². The second kappa shape index (κ2) is 8.09. The molecule has 26 heavy (non-hydrogen) atoms. The first-order chi connectivity index (χ1) is 12.6. The fourth-order valence-electron chi connectivity index (χ4n) is 2.49. The number of esters is 1. The summed E-state index contributed by atoms with van der Waals surface area (Å²) in [5, 5.41) is 8.81. The lowest BCUT2D eigenvalue weighted by molar-refractivity contribution is 0.0734. The molecule has 0 amide bonds. The normalized spacial score (nSPS) is 10.2. The van der Waals surface area contributed by atoms with E-state index in [1.807, 2.05) is 49.4 Å². The van der Waals surface area contributed by atoms with Crippen molar-refractivity contribution in [2.75, 3.05) is 0 Å². The van der Waals surface area contributed by atoms with Crippen molar-refractivity contribution in [2.45, 2.75) is 19.8 Å². The van der Waals surface area contributed by atoms with Gasteiger partial charge in [-0.15, -0.1) is 0 Å². The Hall–Kier alpha value is -3.45. The van der Waals surface area contributed by atoms with Gasteiger partial charge >= 0.3 is 5.97 Å². The molecule has 2 aromatic carbocycles. The van der Waals surface area contributed by atoms with Gasteiger partial charge in [0.15, 0.2) is 0 Å². The van der Waals surface area contributed by atoms with Crippen LogP contribution in [-0.2, 0) is 12.8 Å². The Morgan fingerprint density at radius 3 is 2.35 bits per heavy atom. The molecule has 0 radical (unpaired) electrons. The number of hydrogen-bond acceptors (Lipinski definition) is 4. The summed E-state index contributed by atoms with van der Waals surface area (Å²) in [6, 6.07) is 20.5. The SMILES string of the molecule is Cc1ccc(C(=O)Oc2ccc(CCc3ccc(C#N)cc3)nc2)cc1. The summed E-state index contributed by atoms with van der Waals surface area (Å²) < 4.78 is 5.35. The number of hydrogen-bond donors (Lipinski definition) is 0. The molecule has 1 aromatic heterocycles. The number of pyridine rings is 1. The molecule has 128 valence electrons. The van der Waals surface area contributed by atoms with E-state index in [1.165, 1.54) is 0 Å². The number of nitriles is 1. The fraction of sp³-hybridized carbons (Fsp3) is 0.136. The molecule has 0 aliphatic rings. The van der Waals surface area contributed by atoms with E-state index in [9.17, 15) is 4.79 Å². The van der Waals surface area contributed by atoms with Crippen LogP contribution < -0.4 is 4.74 Å². The van der Waals surface area contributed by atoms with Crippen LogP contribution in [0.2, 0.25) is 0 Å². The van der Waals surface area contributed by atoms with Crippen LogP contribution in [0.15, 0.2) is 66.9 Å². The van der Waals surface area contributed by atoms with Crippen LogP contribution in [0.25, 0.3) is 0 Å². The van der Waals surface area contributed by atoms with Crippen molar-refractivity contribution in [2.24, 2.45) is 0 Å². The van der Waals surface area contributed by atoms with Crippen molar-refractivity contribution in [3.63, 3.8) is 0 Å². The molecular weight excluding hydrogens is 324 g/mol. The molecule has 0 atom stereocenters. The molecule has 0 saturated carbocycles. The molecule has 0 aliphatic heterocycles. The van der Waals surface area contributed by atoms with Crippen LogP contribution in [0.1, 0.15) is 32.7 Å². The lowest BCUT2D eigenvalue weighted by Gasteiger charge is -2.06. The molecule has 3 rings (SSSR count). The van der Waals surface area contributed by atoms with Crippen molar-refractivity contribution in [1.82, 2.24) is 4.98 Å². The van der Waals surface area contributed by atoms with E-state index >= 15 is 0 Å². The number of carbonyl (C=O) groups excluding carboxylic acids is 1. The smallest absolute Gasteiger partial charge is 0.343 e. The molecular formula is C22H18N2O2. The highest BCUT2D eigenvalue weighted by atomic mass is 16.5. The number of carbonyl (C=O) groups is 1. The van der Waals surface area contributed by atoms with E-state index < -0.39 is 5.97 Å². The largest absolute Gasteiger partial charge is 0.421 e. The molecule has 0 spiro atoms. The first kappa shape index (κ1) is 17.4. The quantitative estimate of drug-likeness (QED) is 0.650. The van der Waals surface area contributed by atoms with E-state index in [2.05, 4.69) is 11.1 Å². The third kappa shape index (κ3) is 4.55. The molecule has 0 unspecified atom stereocenters. The topological polar surface area (TPSA) is 63.0 Å². The minimum Gasteiger partial charge on any atom is -0.421 e. The lowest BCUT2D eigenvalue weighted by Crippen LogP contribution is -2.08. The van der Waals surface area contributed by atoms with Crippen molar-refractivity contribution >= 4 is 5.97 Å². The van der Waals surface area contributed by atoms with Gasteiger partial charge < -0.3 is 4.74 Å². The van der Waals surface area contributed by atoms with Gasteiger partial charge in [-0.25, -0.2) is 4.79 Å². The predicted molar refractivity (Wildman–Crippen MR) is 98.9 cm³/mol. The van der Waals surface area contributed by atoms with E-state index in [0.717, 1.165) is 29.7 Å². The molecule has 1 heterocycles. The Kier molecular flexibility index (Phi) is 5.40. The van der Waals surface area contributed by atoms with Gasteiger partial charge in [-0.1, -0.05) is 29.8 Å². The number of nitrogens with zero attached hydrogens (tertiary/aromatic N) is 2. The Labute approximate surface area is 152 Å². The van der Waals surface area contributed by atoms with E-state index in [-0.39, 0.29) is 0 Å². The standard InChI is InChI=1S/C22H18N2O2/c1-16-2-9-19(10-3-16)22(25)26-21-13-12-20(24-15-21)11-8-17-4-6-18(14-23)7-5-17/h2-7,9-10,12-13,15H,8,11H2,1H3. The molecule has 0 saturated heterocycles. The van der Waals surface area contributed by atoms with Crippen LogP contribution in [0.4, 0.5) is 0 Å². The third-order valence-electron chi connectivity index (χ3n) is 4.05. The zero-order valence-electron chi connectivity index (χ0n) is 14.5. The molecule has 3 aromatic rings. The molecule has 0 aliphatic carbocycles. The highest BCUT2D eigenvalue weighted by Gasteiger charge is 2.08. The summed E-state index contributed by atoms with van der Waals surface area (Å²) in [5.74, 6) is 0.0369. The van der Waals surface area contributed by atoms with Crippen LogP contribution in [0.5, 0.6) is 5.75 Å². The average molecular weight is 342 g/mol. The number of aryl methyl sites for hydroxylation is 3. The van der Waals surface area contributed by atoms with Crippen molar-refractivity contribution in [3.8, 4) is 11.8 Å². The number of ether oxygens (including phenoxy) is 1. The third-order valence-corrected chi connectivity index (χ3v) is 4.05. The van der Waals surface area contributed by atoms with E-state index in [4.69, 9.17) is 10.00 Å². The van der Waals surface area contributed by atoms with Crippen LogP contribution in [-0.4, -0.2) is 11.0 Å².